The molecule has 0 aliphatic carbocycles. The van der Waals surface area contributed by atoms with E-state index in [1.54, 1.807) is 13.8 Å². The summed E-state index contributed by atoms with van der Waals surface area (Å²) in [6, 6.07) is -0.327. The maximum Gasteiger partial charge on any atom is 0.411 e. The fourth-order valence-electron chi connectivity index (χ4n) is 0.681. The molecule has 0 aromatic carbocycles. The second-order valence-electron chi connectivity index (χ2n) is 2.70. The molecule has 0 spiro atoms. The van der Waals surface area contributed by atoms with E-state index in [2.05, 4.69) is 4.74 Å². The summed E-state index contributed by atoms with van der Waals surface area (Å²) in [5, 5.41) is 0. The van der Waals surface area contributed by atoms with Gasteiger partial charge in [-0.15, -0.1) is 0 Å². The van der Waals surface area contributed by atoms with Gasteiger partial charge >= 0.3 is 6.18 Å². The van der Waals surface area contributed by atoms with Crippen molar-refractivity contribution in [3.8, 4) is 0 Å². The largest absolute Gasteiger partial charge is 0.411 e. The van der Waals surface area contributed by atoms with Crippen LogP contribution >= 0.6 is 0 Å². The fourth-order valence-corrected chi connectivity index (χ4v) is 0.681. The summed E-state index contributed by atoms with van der Waals surface area (Å²) in [7, 11) is 0. The van der Waals surface area contributed by atoms with Crippen LogP contribution in [0, 0.1) is 0 Å². The Morgan fingerprint density at radius 1 is 1.42 bits per heavy atom. The van der Waals surface area contributed by atoms with Gasteiger partial charge in [-0.2, -0.15) is 13.2 Å². The molecular weight excluding hydrogens is 171 g/mol. The standard InChI is InChI=1S/C7H14F3NO/c1-3-6(11)5(2)12-4-7(8,9)10/h5-6H,3-4,11H2,1-2H3. The predicted molar refractivity (Wildman–Crippen MR) is 39.7 cm³/mol. The first kappa shape index (κ1) is 11.7. The quantitative estimate of drug-likeness (QED) is 0.723. The Kier molecular flexibility index (Phi) is 4.55. The molecule has 0 saturated heterocycles. The number of hydrogen-bond acceptors (Lipinski definition) is 2. The minimum atomic E-state index is -4.26. The van der Waals surface area contributed by atoms with Crippen molar-refractivity contribution >= 4 is 0 Å². The zero-order valence-electron chi connectivity index (χ0n) is 7.19. The lowest BCUT2D eigenvalue weighted by atomic mass is 10.1. The van der Waals surface area contributed by atoms with E-state index < -0.39 is 18.9 Å². The lowest BCUT2D eigenvalue weighted by Gasteiger charge is -2.19. The van der Waals surface area contributed by atoms with Crippen molar-refractivity contribution < 1.29 is 17.9 Å². The molecule has 0 radical (unpaired) electrons. The summed E-state index contributed by atoms with van der Waals surface area (Å²) >= 11 is 0. The van der Waals surface area contributed by atoms with Gasteiger partial charge in [-0.25, -0.2) is 0 Å². The molecule has 5 heteroatoms. The van der Waals surface area contributed by atoms with E-state index in [0.717, 1.165) is 0 Å². The third-order valence-corrected chi connectivity index (χ3v) is 1.58. The second kappa shape index (κ2) is 4.67. The molecule has 0 saturated carbocycles. The van der Waals surface area contributed by atoms with E-state index in [1.807, 2.05) is 0 Å². The van der Waals surface area contributed by atoms with Crippen molar-refractivity contribution in [1.82, 2.24) is 0 Å². The van der Waals surface area contributed by atoms with Gasteiger partial charge in [0.15, 0.2) is 0 Å². The van der Waals surface area contributed by atoms with E-state index in [4.69, 9.17) is 5.73 Å². The summed E-state index contributed by atoms with van der Waals surface area (Å²) in [5.74, 6) is 0. The third kappa shape index (κ3) is 5.37. The van der Waals surface area contributed by atoms with Gasteiger partial charge in [0, 0.05) is 6.04 Å². The minimum Gasteiger partial charge on any atom is -0.367 e. The first-order valence-corrected chi connectivity index (χ1v) is 3.80. The third-order valence-electron chi connectivity index (χ3n) is 1.58. The monoisotopic (exact) mass is 185 g/mol. The van der Waals surface area contributed by atoms with Gasteiger partial charge in [0.2, 0.25) is 0 Å². The van der Waals surface area contributed by atoms with Crippen LogP contribution in [0.5, 0.6) is 0 Å². The summed E-state index contributed by atoms with van der Waals surface area (Å²) in [6.45, 7) is 2.12. The Balaban J connectivity index is 3.64. The summed E-state index contributed by atoms with van der Waals surface area (Å²) in [5.41, 5.74) is 5.45. The van der Waals surface area contributed by atoms with E-state index in [0.29, 0.717) is 6.42 Å². The van der Waals surface area contributed by atoms with Gasteiger partial charge in [0.1, 0.15) is 6.61 Å². The Hall–Kier alpha value is -0.290. The molecule has 0 aliphatic heterocycles. The molecule has 0 aromatic heterocycles. The molecule has 2 N–H and O–H groups in total. The zero-order chi connectivity index (χ0) is 9.78. The lowest BCUT2D eigenvalue weighted by molar-refractivity contribution is -0.185. The van der Waals surface area contributed by atoms with Crippen molar-refractivity contribution in [3.05, 3.63) is 0 Å². The van der Waals surface area contributed by atoms with Gasteiger partial charge in [-0.05, 0) is 13.3 Å². The maximum atomic E-state index is 11.6. The molecule has 74 valence electrons. The highest BCUT2D eigenvalue weighted by Gasteiger charge is 2.29. The first-order valence-electron chi connectivity index (χ1n) is 3.80. The van der Waals surface area contributed by atoms with Crippen molar-refractivity contribution in [2.75, 3.05) is 6.61 Å². The molecule has 0 fully saturated rings. The van der Waals surface area contributed by atoms with Crippen LogP contribution in [-0.4, -0.2) is 24.9 Å². The van der Waals surface area contributed by atoms with Crippen LogP contribution in [0.3, 0.4) is 0 Å². The normalized spacial score (nSPS) is 17.5. The SMILES string of the molecule is CCC(N)C(C)OCC(F)(F)F. The number of ether oxygens (including phenoxy) is 1. The molecule has 0 aliphatic rings. The number of halogens is 3. The van der Waals surface area contributed by atoms with Crippen LogP contribution in [-0.2, 0) is 4.74 Å². The minimum absolute atomic E-state index is 0.327. The Morgan fingerprint density at radius 2 is 1.92 bits per heavy atom. The van der Waals surface area contributed by atoms with Gasteiger partial charge in [-0.3, -0.25) is 0 Å². The van der Waals surface area contributed by atoms with Crippen molar-refractivity contribution in [3.63, 3.8) is 0 Å². The summed E-state index contributed by atoms with van der Waals surface area (Å²) in [4.78, 5) is 0. The topological polar surface area (TPSA) is 35.2 Å². The highest BCUT2D eigenvalue weighted by atomic mass is 19.4. The van der Waals surface area contributed by atoms with Crippen LogP contribution in [0.25, 0.3) is 0 Å². The van der Waals surface area contributed by atoms with Crippen LogP contribution in [0.2, 0.25) is 0 Å². The van der Waals surface area contributed by atoms with E-state index in [-0.39, 0.29) is 6.04 Å². The molecule has 0 rings (SSSR count). The number of alkyl halides is 3. The number of nitrogens with two attached hydrogens (primary N) is 1. The highest BCUT2D eigenvalue weighted by Crippen LogP contribution is 2.16. The average Bonchev–Trinajstić information content (AvgIpc) is 1.97. The molecule has 12 heavy (non-hydrogen) atoms. The van der Waals surface area contributed by atoms with E-state index >= 15 is 0 Å². The van der Waals surface area contributed by atoms with Crippen LogP contribution in [0.15, 0.2) is 0 Å². The molecule has 2 atom stereocenters. The van der Waals surface area contributed by atoms with Crippen molar-refractivity contribution in [2.24, 2.45) is 5.73 Å². The number of rotatable bonds is 4. The highest BCUT2D eigenvalue weighted by molar-refractivity contribution is 4.67. The molecule has 2 nitrogen and oxygen atoms in total. The van der Waals surface area contributed by atoms with Gasteiger partial charge in [0.05, 0.1) is 6.10 Å². The first-order chi connectivity index (χ1) is 5.37. The molecule has 2 unspecified atom stereocenters. The molecular formula is C7H14F3NO. The summed E-state index contributed by atoms with van der Waals surface area (Å²) < 4.78 is 39.4. The second-order valence-corrected chi connectivity index (χ2v) is 2.70. The summed E-state index contributed by atoms with van der Waals surface area (Å²) in [6.07, 6.45) is -4.20. The van der Waals surface area contributed by atoms with Crippen molar-refractivity contribution in [2.45, 2.75) is 38.6 Å². The van der Waals surface area contributed by atoms with Gasteiger partial charge in [-0.1, -0.05) is 6.92 Å². The molecule has 0 bridgehead atoms. The molecule has 0 heterocycles. The Bertz CT molecular complexity index is 126. The van der Waals surface area contributed by atoms with Crippen LogP contribution < -0.4 is 5.73 Å². The Morgan fingerprint density at radius 3 is 2.25 bits per heavy atom. The molecule has 0 amide bonds. The average molecular weight is 185 g/mol. The van der Waals surface area contributed by atoms with Crippen LogP contribution in [0.4, 0.5) is 13.2 Å². The fraction of sp³-hybridized carbons (Fsp3) is 1.00. The number of hydrogen-bond donors (Lipinski definition) is 1. The van der Waals surface area contributed by atoms with Crippen molar-refractivity contribution in [1.29, 1.82) is 0 Å². The van der Waals surface area contributed by atoms with Crippen LogP contribution in [0.1, 0.15) is 20.3 Å². The predicted octanol–water partition coefficient (Wildman–Crippen LogP) is 1.69. The maximum absolute atomic E-state index is 11.6. The Labute approximate surface area is 69.9 Å². The van der Waals surface area contributed by atoms with E-state index in [1.165, 1.54) is 0 Å². The van der Waals surface area contributed by atoms with E-state index in [9.17, 15) is 13.2 Å². The molecule has 0 aromatic rings. The smallest absolute Gasteiger partial charge is 0.367 e. The van der Waals surface area contributed by atoms with Gasteiger partial charge < -0.3 is 10.5 Å². The van der Waals surface area contributed by atoms with Gasteiger partial charge in [0.25, 0.3) is 0 Å². The zero-order valence-corrected chi connectivity index (χ0v) is 7.19. The lowest BCUT2D eigenvalue weighted by Crippen LogP contribution is -2.36.